The van der Waals surface area contributed by atoms with Gasteiger partial charge in [-0.3, -0.25) is 19.2 Å². The van der Waals surface area contributed by atoms with Gasteiger partial charge in [0.25, 0.3) is 5.91 Å². The van der Waals surface area contributed by atoms with Gasteiger partial charge in [-0.25, -0.2) is 13.2 Å². The van der Waals surface area contributed by atoms with Gasteiger partial charge in [-0.2, -0.15) is 0 Å². The second-order valence-electron chi connectivity index (χ2n) is 16.2. The minimum absolute atomic E-state index is 0.0501. The molecule has 5 atom stereocenters. The second-order valence-corrected chi connectivity index (χ2v) is 18.2. The second kappa shape index (κ2) is 13.1. The molecule has 1 aliphatic heterocycles. The number of ketones is 1. The summed E-state index contributed by atoms with van der Waals surface area (Å²) in [6.45, 7) is 9.85. The van der Waals surface area contributed by atoms with E-state index in [1.165, 1.54) is 4.90 Å². The highest BCUT2D eigenvalue weighted by molar-refractivity contribution is 7.91. The summed E-state index contributed by atoms with van der Waals surface area (Å²) in [5.74, 6) is -3.04. The van der Waals surface area contributed by atoms with Gasteiger partial charge < -0.3 is 26.6 Å². The number of carbonyl (C=O) groups is 5. The number of hydrogen-bond donors (Lipinski definition) is 4. The molecule has 0 spiro atoms. The number of Topliss-reactive ketones (excluding diaryl/α,β-unsaturated/α-hetero) is 1. The van der Waals surface area contributed by atoms with E-state index in [1.807, 2.05) is 34.6 Å². The lowest BCUT2D eigenvalue weighted by Gasteiger charge is -2.40. The SMILES string of the molecule is CC1(C)C2CN(C(=O)[C@@H](NC(=O)NC3(CS(=O)(=O)c4ccccc4)CCCCC3)C(C)(C)C)C(C(=O)NC(CC3CC3)C(=O)C(N)=O)C21. The Labute approximate surface area is 283 Å². The molecule has 4 fully saturated rings. The number of sulfone groups is 1. The number of carbonyl (C=O) groups excluding carboxylic acids is 5. The van der Waals surface area contributed by atoms with Crippen molar-refractivity contribution >= 4 is 39.4 Å². The van der Waals surface area contributed by atoms with Gasteiger partial charge in [0.05, 0.1) is 22.2 Å². The van der Waals surface area contributed by atoms with Gasteiger partial charge in [-0.1, -0.05) is 84.9 Å². The van der Waals surface area contributed by atoms with Crippen molar-refractivity contribution in [3.05, 3.63) is 30.3 Å². The van der Waals surface area contributed by atoms with E-state index in [0.717, 1.165) is 32.1 Å². The summed E-state index contributed by atoms with van der Waals surface area (Å²) < 4.78 is 26.9. The molecule has 5 amide bonds. The lowest BCUT2D eigenvalue weighted by molar-refractivity contribution is -0.145. The van der Waals surface area contributed by atoms with Crippen LogP contribution in [0.25, 0.3) is 0 Å². The predicted octanol–water partition coefficient (Wildman–Crippen LogP) is 2.70. The molecule has 0 aromatic heterocycles. The first kappa shape index (κ1) is 35.8. The molecule has 13 heteroatoms. The molecule has 0 radical (unpaired) electrons. The maximum atomic E-state index is 14.4. The van der Waals surface area contributed by atoms with Crippen molar-refractivity contribution < 1.29 is 32.4 Å². The Morgan fingerprint density at radius 2 is 1.60 bits per heavy atom. The van der Waals surface area contributed by atoms with Crippen molar-refractivity contribution in [1.29, 1.82) is 0 Å². The monoisotopic (exact) mass is 685 g/mol. The maximum Gasteiger partial charge on any atom is 0.315 e. The molecular formula is C35H51N5O7S. The number of nitrogens with one attached hydrogen (secondary N) is 3. The third-order valence-corrected chi connectivity index (χ3v) is 13.0. The fourth-order valence-corrected chi connectivity index (χ4v) is 9.82. The number of urea groups is 1. The minimum atomic E-state index is -3.72. The van der Waals surface area contributed by atoms with Crippen molar-refractivity contribution in [3.63, 3.8) is 0 Å². The van der Waals surface area contributed by atoms with Crippen LogP contribution in [0.4, 0.5) is 4.79 Å². The van der Waals surface area contributed by atoms with E-state index in [0.29, 0.717) is 25.8 Å². The third-order valence-electron chi connectivity index (χ3n) is 11.0. The number of likely N-dealkylation sites (tertiary alicyclic amines) is 1. The first-order valence-corrected chi connectivity index (χ1v) is 18.8. The Morgan fingerprint density at radius 1 is 0.979 bits per heavy atom. The molecule has 5 rings (SSSR count). The first-order chi connectivity index (χ1) is 22.4. The van der Waals surface area contributed by atoms with Crippen LogP contribution < -0.4 is 21.7 Å². The number of hydrogen-bond acceptors (Lipinski definition) is 7. The van der Waals surface area contributed by atoms with Crippen LogP contribution in [0.2, 0.25) is 0 Å². The molecule has 3 saturated carbocycles. The van der Waals surface area contributed by atoms with Crippen LogP contribution in [0.1, 0.15) is 86.0 Å². The standard InChI is InChI=1S/C35H51N5O7S/c1-33(2,3)28(38-32(45)39-35(16-10-7-11-17-35)20-48(46,47)22-12-8-6-9-13-22)31(44)40-19-23-25(34(23,4)5)26(40)30(43)37-24(18-21-14-15-21)27(41)29(36)42/h6,8-9,12-13,21,23-26,28H,7,10-11,14-20H2,1-5H3,(H2,36,42)(H,37,43)(H2,38,39,45)/t23?,24?,25?,26?,28-/m1/s1. The molecule has 3 aliphatic carbocycles. The molecule has 1 aromatic carbocycles. The van der Waals surface area contributed by atoms with E-state index in [-0.39, 0.29) is 33.8 Å². The van der Waals surface area contributed by atoms with Crippen molar-refractivity contribution in [3.8, 4) is 0 Å². The Morgan fingerprint density at radius 3 is 2.17 bits per heavy atom. The van der Waals surface area contributed by atoms with Gasteiger partial charge in [0.2, 0.25) is 17.6 Å². The smallest absolute Gasteiger partial charge is 0.315 e. The van der Waals surface area contributed by atoms with Crippen LogP contribution in [0.15, 0.2) is 35.2 Å². The molecule has 12 nitrogen and oxygen atoms in total. The fraction of sp³-hybridized carbons (Fsp3) is 0.686. The summed E-state index contributed by atoms with van der Waals surface area (Å²) in [5.41, 5.74) is 3.32. The van der Waals surface area contributed by atoms with Crippen LogP contribution in [-0.4, -0.2) is 78.8 Å². The average Bonchev–Trinajstić information content (AvgIpc) is 3.86. The number of rotatable bonds is 12. The van der Waals surface area contributed by atoms with Gasteiger partial charge in [0, 0.05) is 6.54 Å². The number of benzene rings is 1. The number of nitrogens with zero attached hydrogens (tertiary/aromatic N) is 1. The molecule has 1 heterocycles. The molecule has 1 saturated heterocycles. The normalized spacial score (nSPS) is 25.6. The molecule has 48 heavy (non-hydrogen) atoms. The van der Waals surface area contributed by atoms with Crippen molar-refractivity contribution in [1.82, 2.24) is 20.9 Å². The molecule has 264 valence electrons. The van der Waals surface area contributed by atoms with Crippen LogP contribution in [-0.2, 0) is 29.0 Å². The van der Waals surface area contributed by atoms with E-state index in [9.17, 15) is 32.4 Å². The Balaban J connectivity index is 1.35. The van der Waals surface area contributed by atoms with E-state index >= 15 is 0 Å². The summed E-state index contributed by atoms with van der Waals surface area (Å²) >= 11 is 0. The summed E-state index contributed by atoms with van der Waals surface area (Å²) in [7, 11) is -3.72. The lowest BCUT2D eigenvalue weighted by atomic mass is 9.83. The van der Waals surface area contributed by atoms with E-state index in [1.54, 1.807) is 30.3 Å². The van der Waals surface area contributed by atoms with Gasteiger partial charge in [-0.05, 0) is 60.0 Å². The minimum Gasteiger partial charge on any atom is -0.363 e. The molecule has 0 bridgehead atoms. The number of amides is 5. The lowest BCUT2D eigenvalue weighted by Crippen LogP contribution is -2.63. The Hall–Kier alpha value is -3.48. The summed E-state index contributed by atoms with van der Waals surface area (Å²) in [6, 6.07) is 4.54. The zero-order valence-corrected chi connectivity index (χ0v) is 29.5. The van der Waals surface area contributed by atoms with Crippen LogP contribution in [0.5, 0.6) is 0 Å². The van der Waals surface area contributed by atoms with Gasteiger partial charge in [0.1, 0.15) is 12.1 Å². The molecule has 5 N–H and O–H groups in total. The van der Waals surface area contributed by atoms with Crippen LogP contribution in [0, 0.1) is 28.6 Å². The van der Waals surface area contributed by atoms with Gasteiger partial charge in [-0.15, -0.1) is 0 Å². The first-order valence-electron chi connectivity index (χ1n) is 17.2. The van der Waals surface area contributed by atoms with Crippen molar-refractivity contribution in [2.75, 3.05) is 12.3 Å². The fourth-order valence-electron chi connectivity index (χ4n) is 7.99. The third kappa shape index (κ3) is 7.55. The van der Waals surface area contributed by atoms with Gasteiger partial charge in [0.15, 0.2) is 9.84 Å². The highest BCUT2D eigenvalue weighted by Gasteiger charge is 2.70. The zero-order valence-electron chi connectivity index (χ0n) is 28.7. The van der Waals surface area contributed by atoms with E-state index < -0.39 is 68.5 Å². The molecule has 4 unspecified atom stereocenters. The number of nitrogens with two attached hydrogens (primary N) is 1. The Kier molecular flexibility index (Phi) is 9.77. The molecule has 1 aromatic rings. The number of primary amides is 1. The van der Waals surface area contributed by atoms with E-state index in [4.69, 9.17) is 5.73 Å². The predicted molar refractivity (Wildman–Crippen MR) is 179 cm³/mol. The summed E-state index contributed by atoms with van der Waals surface area (Å²) in [5, 5.41) is 8.61. The molecular weight excluding hydrogens is 634 g/mol. The highest BCUT2D eigenvalue weighted by Crippen LogP contribution is 2.65. The number of piperidine rings is 1. The largest absolute Gasteiger partial charge is 0.363 e. The number of fused-ring (bicyclic) bond motifs is 1. The maximum absolute atomic E-state index is 14.4. The van der Waals surface area contributed by atoms with Crippen LogP contribution in [0.3, 0.4) is 0 Å². The Bertz CT molecular complexity index is 1540. The van der Waals surface area contributed by atoms with Crippen molar-refractivity contribution in [2.45, 2.75) is 115 Å². The van der Waals surface area contributed by atoms with Crippen LogP contribution >= 0.6 is 0 Å². The topological polar surface area (TPSA) is 185 Å². The summed E-state index contributed by atoms with van der Waals surface area (Å²) in [4.78, 5) is 68.2. The summed E-state index contributed by atoms with van der Waals surface area (Å²) in [6.07, 6.45) is 5.56. The highest BCUT2D eigenvalue weighted by atomic mass is 32.2. The van der Waals surface area contributed by atoms with Gasteiger partial charge >= 0.3 is 6.03 Å². The molecule has 4 aliphatic rings. The van der Waals surface area contributed by atoms with Crippen molar-refractivity contribution in [2.24, 2.45) is 34.3 Å². The average molecular weight is 686 g/mol. The van der Waals surface area contributed by atoms with E-state index in [2.05, 4.69) is 16.0 Å². The zero-order chi connectivity index (χ0) is 35.2. The quantitative estimate of drug-likeness (QED) is 0.244.